The predicted octanol–water partition coefficient (Wildman–Crippen LogP) is -0.786. The van der Waals surface area contributed by atoms with Gasteiger partial charge in [0.1, 0.15) is 0 Å². The first kappa shape index (κ1) is 14.2. The molecule has 1 N–H and O–H groups in total. The lowest BCUT2D eigenvalue weighted by Crippen LogP contribution is -2.47. The highest BCUT2D eigenvalue weighted by molar-refractivity contribution is 5.91. The maximum Gasteiger partial charge on any atom is 0.336 e. The highest BCUT2D eigenvalue weighted by atomic mass is 16.6. The number of nitrogens with zero attached hydrogens (tertiary/aromatic N) is 3. The Morgan fingerprint density at radius 2 is 2.25 bits per heavy atom. The molecule has 0 radical (unpaired) electrons. The van der Waals surface area contributed by atoms with Gasteiger partial charge in [0.2, 0.25) is 0 Å². The molecule has 0 aromatic carbocycles. The summed E-state index contributed by atoms with van der Waals surface area (Å²) in [6.45, 7) is 1.35. The minimum Gasteiger partial charge on any atom is -0.467 e. The van der Waals surface area contributed by atoms with E-state index in [1.165, 1.54) is 14.2 Å². The fourth-order valence-corrected chi connectivity index (χ4v) is 1.87. The van der Waals surface area contributed by atoms with Gasteiger partial charge in [0.05, 0.1) is 20.3 Å². The van der Waals surface area contributed by atoms with E-state index < -0.39 is 12.1 Å². The van der Waals surface area contributed by atoms with Crippen molar-refractivity contribution in [1.29, 1.82) is 0 Å². The van der Waals surface area contributed by atoms with Crippen molar-refractivity contribution < 1.29 is 19.1 Å². The van der Waals surface area contributed by atoms with Crippen LogP contribution in [0.5, 0.6) is 0 Å². The molecule has 1 aromatic heterocycles. The number of morpholine rings is 1. The molecular weight excluding hydrogens is 264 g/mol. The van der Waals surface area contributed by atoms with Crippen LogP contribution in [0, 0.1) is 0 Å². The number of hydrogen-bond donors (Lipinski definition) is 1. The summed E-state index contributed by atoms with van der Waals surface area (Å²) in [5, 5.41) is 10.3. The molecule has 1 atom stereocenters. The van der Waals surface area contributed by atoms with Gasteiger partial charge in [-0.1, -0.05) is 0 Å². The Kier molecular flexibility index (Phi) is 4.46. The lowest BCUT2D eigenvalue weighted by atomic mass is 10.2. The van der Waals surface area contributed by atoms with Crippen molar-refractivity contribution in [3.05, 3.63) is 17.8 Å². The van der Waals surface area contributed by atoms with Crippen molar-refractivity contribution in [2.24, 2.45) is 0 Å². The molecule has 0 spiro atoms. The first-order valence-electron chi connectivity index (χ1n) is 6.16. The van der Waals surface area contributed by atoms with Crippen LogP contribution in [0.2, 0.25) is 0 Å². The van der Waals surface area contributed by atoms with Gasteiger partial charge in [-0.2, -0.15) is 0 Å². The van der Waals surface area contributed by atoms with Crippen molar-refractivity contribution in [1.82, 2.24) is 15.5 Å². The zero-order chi connectivity index (χ0) is 14.5. The Balaban J connectivity index is 2.07. The second-order valence-corrected chi connectivity index (χ2v) is 4.18. The largest absolute Gasteiger partial charge is 0.467 e. The Bertz CT molecular complexity index is 491. The number of esters is 1. The minimum absolute atomic E-state index is 0.244. The fraction of sp³-hybridized carbons (Fsp3) is 0.500. The highest BCUT2D eigenvalue weighted by Gasteiger charge is 2.28. The number of hydrogen-bond acceptors (Lipinski definition) is 7. The van der Waals surface area contributed by atoms with Gasteiger partial charge >= 0.3 is 5.97 Å². The molecule has 1 aromatic rings. The number of carbonyl (C=O) groups excluding carboxylic acids is 2. The molecule has 8 heteroatoms. The molecule has 0 aliphatic carbocycles. The average Bonchev–Trinajstić information content (AvgIpc) is 2.53. The number of anilines is 1. The topological polar surface area (TPSA) is 93.7 Å². The summed E-state index contributed by atoms with van der Waals surface area (Å²) in [7, 11) is 2.85. The number of rotatable bonds is 3. The molecule has 1 aliphatic heterocycles. The molecule has 1 unspecified atom stereocenters. The van der Waals surface area contributed by atoms with E-state index in [4.69, 9.17) is 4.74 Å². The van der Waals surface area contributed by atoms with Crippen LogP contribution in [0.25, 0.3) is 0 Å². The third kappa shape index (κ3) is 3.02. The standard InChI is InChI=1S/C12H16N4O4/c1-13-11(17)8-3-4-10(15-14-8)16-5-6-20-9(7-16)12(18)19-2/h3-4,9H,5-7H2,1-2H3,(H,13,17). The molecular formula is C12H16N4O4. The van der Waals surface area contributed by atoms with Gasteiger partial charge < -0.3 is 19.7 Å². The van der Waals surface area contributed by atoms with E-state index in [1.54, 1.807) is 12.1 Å². The second-order valence-electron chi connectivity index (χ2n) is 4.18. The van der Waals surface area contributed by atoms with E-state index >= 15 is 0 Å². The van der Waals surface area contributed by atoms with Crippen LogP contribution in [-0.2, 0) is 14.3 Å². The van der Waals surface area contributed by atoms with Gasteiger partial charge in [0, 0.05) is 13.6 Å². The predicted molar refractivity (Wildman–Crippen MR) is 69.4 cm³/mol. The number of aromatic nitrogens is 2. The Morgan fingerprint density at radius 1 is 1.45 bits per heavy atom. The molecule has 1 saturated heterocycles. The van der Waals surface area contributed by atoms with Crippen LogP contribution < -0.4 is 10.2 Å². The van der Waals surface area contributed by atoms with Crippen molar-refractivity contribution in [2.45, 2.75) is 6.10 Å². The van der Waals surface area contributed by atoms with Crippen molar-refractivity contribution >= 4 is 17.7 Å². The van der Waals surface area contributed by atoms with E-state index in [0.717, 1.165) is 0 Å². The number of nitrogens with one attached hydrogen (secondary N) is 1. The molecule has 20 heavy (non-hydrogen) atoms. The highest BCUT2D eigenvalue weighted by Crippen LogP contribution is 2.15. The van der Waals surface area contributed by atoms with Crippen LogP contribution in [0.15, 0.2) is 12.1 Å². The Hall–Kier alpha value is -2.22. The van der Waals surface area contributed by atoms with Gasteiger partial charge in [0.15, 0.2) is 17.6 Å². The minimum atomic E-state index is -0.630. The summed E-state index contributed by atoms with van der Waals surface area (Å²) < 4.78 is 9.99. The van der Waals surface area contributed by atoms with Crippen molar-refractivity contribution in [3.63, 3.8) is 0 Å². The summed E-state index contributed by atoms with van der Waals surface area (Å²) in [5.74, 6) is -0.113. The maximum atomic E-state index is 11.5. The number of methoxy groups -OCH3 is 1. The average molecular weight is 280 g/mol. The van der Waals surface area contributed by atoms with Gasteiger partial charge in [-0.3, -0.25) is 4.79 Å². The third-order valence-electron chi connectivity index (χ3n) is 2.96. The van der Waals surface area contributed by atoms with Crippen LogP contribution >= 0.6 is 0 Å². The molecule has 2 rings (SSSR count). The number of ether oxygens (including phenoxy) is 2. The van der Waals surface area contributed by atoms with Gasteiger partial charge in [0.25, 0.3) is 5.91 Å². The zero-order valence-electron chi connectivity index (χ0n) is 11.3. The van der Waals surface area contributed by atoms with Gasteiger partial charge in [-0.05, 0) is 12.1 Å². The van der Waals surface area contributed by atoms with E-state index in [1.807, 2.05) is 4.90 Å². The summed E-state index contributed by atoms with van der Waals surface area (Å²) >= 11 is 0. The molecule has 1 amide bonds. The smallest absolute Gasteiger partial charge is 0.336 e. The van der Waals surface area contributed by atoms with Crippen LogP contribution in [0.3, 0.4) is 0 Å². The lowest BCUT2D eigenvalue weighted by Gasteiger charge is -2.31. The van der Waals surface area contributed by atoms with E-state index in [2.05, 4.69) is 20.3 Å². The fourth-order valence-electron chi connectivity index (χ4n) is 1.87. The lowest BCUT2D eigenvalue weighted by molar-refractivity contribution is -0.154. The second kappa shape index (κ2) is 6.29. The van der Waals surface area contributed by atoms with Crippen LogP contribution in [0.4, 0.5) is 5.82 Å². The molecule has 2 heterocycles. The molecule has 0 bridgehead atoms. The first-order chi connectivity index (χ1) is 9.65. The van der Waals surface area contributed by atoms with Crippen LogP contribution in [0.1, 0.15) is 10.5 Å². The monoisotopic (exact) mass is 280 g/mol. The zero-order valence-corrected chi connectivity index (χ0v) is 11.3. The van der Waals surface area contributed by atoms with E-state index in [-0.39, 0.29) is 11.6 Å². The number of carbonyl (C=O) groups is 2. The summed E-state index contributed by atoms with van der Waals surface area (Å²) in [4.78, 5) is 24.7. The summed E-state index contributed by atoms with van der Waals surface area (Å²) in [5.41, 5.74) is 0.244. The SMILES string of the molecule is CNC(=O)c1ccc(N2CCOC(C(=O)OC)C2)nn1. The van der Waals surface area contributed by atoms with Crippen molar-refractivity contribution in [3.8, 4) is 0 Å². The normalized spacial score (nSPS) is 18.5. The Morgan fingerprint density at radius 3 is 2.85 bits per heavy atom. The quantitative estimate of drug-likeness (QED) is 0.725. The Labute approximate surface area is 116 Å². The maximum absolute atomic E-state index is 11.5. The first-order valence-corrected chi connectivity index (χ1v) is 6.16. The molecule has 1 fully saturated rings. The molecule has 1 aliphatic rings. The van der Waals surface area contributed by atoms with Crippen LogP contribution in [-0.4, -0.2) is 62.0 Å². The van der Waals surface area contributed by atoms with Gasteiger partial charge in [-0.15, -0.1) is 10.2 Å². The van der Waals surface area contributed by atoms with E-state index in [9.17, 15) is 9.59 Å². The molecule has 0 saturated carbocycles. The molecule has 108 valence electrons. The van der Waals surface area contributed by atoms with Crippen molar-refractivity contribution in [2.75, 3.05) is 38.8 Å². The van der Waals surface area contributed by atoms with E-state index in [0.29, 0.717) is 25.5 Å². The third-order valence-corrected chi connectivity index (χ3v) is 2.96. The molecule has 8 nitrogen and oxygen atoms in total. The summed E-state index contributed by atoms with van der Waals surface area (Å²) in [6, 6.07) is 3.28. The summed E-state index contributed by atoms with van der Waals surface area (Å²) in [6.07, 6.45) is -0.630. The number of amides is 1. The van der Waals surface area contributed by atoms with Gasteiger partial charge in [-0.25, -0.2) is 4.79 Å².